The molecule has 1 saturated heterocycles. The van der Waals surface area contributed by atoms with Gasteiger partial charge in [-0.25, -0.2) is 0 Å². The first kappa shape index (κ1) is 22.2. The minimum absolute atomic E-state index is 0.0221. The van der Waals surface area contributed by atoms with Gasteiger partial charge in [0.25, 0.3) is 0 Å². The van der Waals surface area contributed by atoms with Crippen molar-refractivity contribution >= 4 is 28.9 Å². The summed E-state index contributed by atoms with van der Waals surface area (Å²) in [6.45, 7) is 19.2. The minimum atomic E-state index is -0.340. The highest BCUT2D eigenvalue weighted by Crippen LogP contribution is 2.47. The maximum absolute atomic E-state index is 6.25. The van der Waals surface area contributed by atoms with Crippen LogP contribution in [0.4, 0.5) is 0 Å². The van der Waals surface area contributed by atoms with Crippen molar-refractivity contribution in [2.75, 3.05) is 0 Å². The maximum Gasteiger partial charge on any atom is 0.494 e. The highest BCUT2D eigenvalue weighted by molar-refractivity contribution is 6.62. The van der Waals surface area contributed by atoms with Gasteiger partial charge < -0.3 is 9.31 Å². The fourth-order valence-corrected chi connectivity index (χ4v) is 5.30. The van der Waals surface area contributed by atoms with E-state index in [-0.39, 0.29) is 23.7 Å². The molecule has 3 heteroatoms. The SMILES string of the molecule is C=CC1=C(C)c2ccc(-c3ccc4cc(B5OC(C)(C)C(C)(C)O5)ccc4c3)cc2C1(C)C. The van der Waals surface area contributed by atoms with Crippen LogP contribution in [0.5, 0.6) is 0 Å². The van der Waals surface area contributed by atoms with Crippen molar-refractivity contribution in [3.05, 3.63) is 84.0 Å². The van der Waals surface area contributed by atoms with Gasteiger partial charge in [0.05, 0.1) is 11.2 Å². The van der Waals surface area contributed by atoms with Crippen LogP contribution in [0.1, 0.15) is 59.6 Å². The Hall–Kier alpha value is -2.62. The Morgan fingerprint density at radius 2 is 1.33 bits per heavy atom. The van der Waals surface area contributed by atoms with Gasteiger partial charge in [0.15, 0.2) is 0 Å². The van der Waals surface area contributed by atoms with Crippen LogP contribution < -0.4 is 5.46 Å². The number of hydrogen-bond donors (Lipinski definition) is 0. The first-order chi connectivity index (χ1) is 15.4. The lowest BCUT2D eigenvalue weighted by Crippen LogP contribution is -2.41. The summed E-state index contributed by atoms with van der Waals surface area (Å²) in [4.78, 5) is 0. The van der Waals surface area contributed by atoms with Gasteiger partial charge >= 0.3 is 7.12 Å². The number of hydrogen-bond acceptors (Lipinski definition) is 2. The Balaban J connectivity index is 1.49. The predicted molar refractivity (Wildman–Crippen MR) is 141 cm³/mol. The molecule has 0 saturated carbocycles. The van der Waals surface area contributed by atoms with Gasteiger partial charge in [0.1, 0.15) is 0 Å². The van der Waals surface area contributed by atoms with Crippen molar-refractivity contribution in [1.82, 2.24) is 0 Å². The van der Waals surface area contributed by atoms with E-state index in [2.05, 4.69) is 110 Å². The number of fused-ring (bicyclic) bond motifs is 2. The molecule has 0 bridgehead atoms. The first-order valence-corrected chi connectivity index (χ1v) is 11.8. The maximum atomic E-state index is 6.25. The largest absolute Gasteiger partial charge is 0.494 e. The fraction of sp³-hybridized carbons (Fsp3) is 0.333. The molecule has 0 amide bonds. The van der Waals surface area contributed by atoms with Gasteiger partial charge in [-0.05, 0) is 96.4 Å². The molecule has 5 rings (SSSR count). The lowest BCUT2D eigenvalue weighted by molar-refractivity contribution is 0.00578. The normalized spacial score (nSPS) is 20.4. The second-order valence-electron chi connectivity index (χ2n) is 11.0. The molecule has 0 spiro atoms. The molecule has 0 radical (unpaired) electrons. The minimum Gasteiger partial charge on any atom is -0.399 e. The lowest BCUT2D eigenvalue weighted by atomic mass is 9.78. The second kappa shape index (κ2) is 7.19. The first-order valence-electron chi connectivity index (χ1n) is 11.8. The number of rotatable bonds is 3. The zero-order chi connectivity index (χ0) is 23.8. The summed E-state index contributed by atoms with van der Waals surface area (Å²) in [6.07, 6.45) is 2.02. The molecular formula is C30H33BO2. The zero-order valence-corrected chi connectivity index (χ0v) is 20.9. The van der Waals surface area contributed by atoms with E-state index < -0.39 is 0 Å². The summed E-state index contributed by atoms with van der Waals surface area (Å²) in [7, 11) is -0.340. The third-order valence-electron chi connectivity index (χ3n) is 8.10. The Bertz CT molecular complexity index is 1310. The number of benzene rings is 3. The van der Waals surface area contributed by atoms with Crippen molar-refractivity contribution in [2.45, 2.75) is 65.1 Å². The van der Waals surface area contributed by atoms with Gasteiger partial charge in [-0.1, -0.05) is 69.0 Å². The molecule has 1 aliphatic carbocycles. The Morgan fingerprint density at radius 3 is 2.00 bits per heavy atom. The molecule has 0 N–H and O–H groups in total. The third-order valence-corrected chi connectivity index (χ3v) is 8.10. The van der Waals surface area contributed by atoms with Gasteiger partial charge in [0.2, 0.25) is 0 Å². The summed E-state index contributed by atoms with van der Waals surface area (Å²) in [5.74, 6) is 0. The second-order valence-corrected chi connectivity index (χ2v) is 11.0. The highest BCUT2D eigenvalue weighted by Gasteiger charge is 2.51. The molecule has 2 nitrogen and oxygen atoms in total. The monoisotopic (exact) mass is 436 g/mol. The van der Waals surface area contributed by atoms with Crippen LogP contribution in [-0.2, 0) is 14.7 Å². The van der Waals surface area contributed by atoms with Crippen LogP contribution in [0.15, 0.2) is 72.8 Å². The van der Waals surface area contributed by atoms with E-state index >= 15 is 0 Å². The summed E-state index contributed by atoms with van der Waals surface area (Å²) < 4.78 is 12.5. The van der Waals surface area contributed by atoms with Gasteiger partial charge in [-0.3, -0.25) is 0 Å². The zero-order valence-electron chi connectivity index (χ0n) is 20.9. The van der Waals surface area contributed by atoms with Crippen molar-refractivity contribution in [2.24, 2.45) is 0 Å². The van der Waals surface area contributed by atoms with E-state index in [0.29, 0.717) is 0 Å². The highest BCUT2D eigenvalue weighted by atomic mass is 16.7. The van der Waals surface area contributed by atoms with E-state index in [1.54, 1.807) is 0 Å². The molecule has 0 atom stereocenters. The van der Waals surface area contributed by atoms with Crippen LogP contribution in [0, 0.1) is 0 Å². The quantitative estimate of drug-likeness (QED) is 0.410. The summed E-state index contributed by atoms with van der Waals surface area (Å²) in [5, 5.41) is 2.41. The molecule has 1 aliphatic heterocycles. The molecule has 1 fully saturated rings. The van der Waals surface area contributed by atoms with Crippen molar-refractivity contribution in [1.29, 1.82) is 0 Å². The molecule has 2 aliphatic rings. The smallest absolute Gasteiger partial charge is 0.399 e. The van der Waals surface area contributed by atoms with Crippen molar-refractivity contribution in [3.8, 4) is 11.1 Å². The standard InChI is InChI=1S/C30H33BO2/c1-9-26-19(2)25-15-13-23(18-27(25)28(26,3)4)20-10-11-22-17-24(14-12-21(22)16-20)31-32-29(5,6)30(7,8)33-31/h9-18H,1H2,2-8H3. The van der Waals surface area contributed by atoms with Crippen LogP contribution in [0.25, 0.3) is 27.5 Å². The Morgan fingerprint density at radius 1 is 0.758 bits per heavy atom. The predicted octanol–water partition coefficient (Wildman–Crippen LogP) is 7.06. The molecule has 0 unspecified atom stereocenters. The summed E-state index contributed by atoms with van der Waals surface area (Å²) in [6, 6.07) is 20.1. The fourth-order valence-electron chi connectivity index (χ4n) is 5.30. The molecule has 3 aromatic carbocycles. The molecular weight excluding hydrogens is 403 g/mol. The van der Waals surface area contributed by atoms with E-state index in [0.717, 1.165) is 5.46 Å². The van der Waals surface area contributed by atoms with E-state index in [9.17, 15) is 0 Å². The van der Waals surface area contributed by atoms with Crippen LogP contribution in [-0.4, -0.2) is 18.3 Å². The molecule has 168 valence electrons. The molecule has 33 heavy (non-hydrogen) atoms. The Kier molecular flexibility index (Phi) is 4.83. The lowest BCUT2D eigenvalue weighted by Gasteiger charge is -2.32. The summed E-state index contributed by atoms with van der Waals surface area (Å²) >= 11 is 0. The van der Waals surface area contributed by atoms with E-state index in [1.165, 1.54) is 44.2 Å². The molecule has 3 aromatic rings. The van der Waals surface area contributed by atoms with E-state index in [4.69, 9.17) is 9.31 Å². The van der Waals surface area contributed by atoms with Crippen LogP contribution in [0.3, 0.4) is 0 Å². The van der Waals surface area contributed by atoms with Crippen molar-refractivity contribution in [3.63, 3.8) is 0 Å². The van der Waals surface area contributed by atoms with Gasteiger partial charge in [0, 0.05) is 5.41 Å². The average molecular weight is 436 g/mol. The van der Waals surface area contributed by atoms with Crippen LogP contribution in [0.2, 0.25) is 0 Å². The van der Waals surface area contributed by atoms with Gasteiger partial charge in [-0.2, -0.15) is 0 Å². The molecule has 0 aromatic heterocycles. The summed E-state index contributed by atoms with van der Waals surface area (Å²) in [5.41, 5.74) is 8.22. The topological polar surface area (TPSA) is 18.5 Å². The van der Waals surface area contributed by atoms with Crippen LogP contribution >= 0.6 is 0 Å². The molecule has 1 heterocycles. The van der Waals surface area contributed by atoms with Crippen molar-refractivity contribution < 1.29 is 9.31 Å². The average Bonchev–Trinajstić information content (AvgIpc) is 3.10. The van der Waals surface area contributed by atoms with E-state index in [1.807, 2.05) is 6.08 Å². The third kappa shape index (κ3) is 3.33. The number of allylic oxidation sites excluding steroid dienone is 3. The Labute approximate surface area is 198 Å². The van der Waals surface area contributed by atoms with Gasteiger partial charge in [-0.15, -0.1) is 0 Å².